The van der Waals surface area contributed by atoms with Gasteiger partial charge in [0, 0.05) is 25.0 Å². The lowest BCUT2D eigenvalue weighted by Gasteiger charge is -2.33. The van der Waals surface area contributed by atoms with Gasteiger partial charge in [0.2, 0.25) is 0 Å². The maximum absolute atomic E-state index is 13.0. The van der Waals surface area contributed by atoms with Crippen LogP contribution in [0.1, 0.15) is 53.7 Å². The maximum Gasteiger partial charge on any atom is 0.259 e. The number of ether oxygens (including phenoxy) is 1. The molecular formula is C18H24N4O3. The second-order valence-electron chi connectivity index (χ2n) is 6.64. The molecule has 1 atom stereocenters. The zero-order valence-corrected chi connectivity index (χ0v) is 14.9. The largest absolute Gasteiger partial charge is 0.375 e. The van der Waals surface area contributed by atoms with Crippen LogP contribution in [0, 0.1) is 6.92 Å². The lowest BCUT2D eigenvalue weighted by Crippen LogP contribution is -2.46. The van der Waals surface area contributed by atoms with Crippen LogP contribution in [0.5, 0.6) is 0 Å². The van der Waals surface area contributed by atoms with Gasteiger partial charge >= 0.3 is 0 Å². The number of aromatic nitrogens is 3. The maximum atomic E-state index is 13.0. The fourth-order valence-corrected chi connectivity index (χ4v) is 3.05. The molecule has 0 aromatic carbocycles. The molecule has 0 aliphatic carbocycles. The van der Waals surface area contributed by atoms with E-state index in [2.05, 4.69) is 15.1 Å². The van der Waals surface area contributed by atoms with Crippen LogP contribution < -0.4 is 0 Å². The summed E-state index contributed by atoms with van der Waals surface area (Å²) in [6, 6.07) is 1.90. The molecule has 1 saturated heterocycles. The van der Waals surface area contributed by atoms with Crippen LogP contribution in [0.3, 0.4) is 0 Å². The van der Waals surface area contributed by atoms with Crippen LogP contribution in [0.4, 0.5) is 0 Å². The third-order valence-corrected chi connectivity index (χ3v) is 4.44. The first-order valence-electron chi connectivity index (χ1n) is 8.68. The third-order valence-electron chi connectivity index (χ3n) is 4.44. The average molecular weight is 344 g/mol. The molecule has 0 saturated carbocycles. The molecule has 134 valence electrons. The van der Waals surface area contributed by atoms with Crippen LogP contribution in [0.2, 0.25) is 0 Å². The molecule has 1 aliphatic heterocycles. The number of aryl methyl sites for hydroxylation is 2. The lowest BCUT2D eigenvalue weighted by molar-refractivity contribution is -0.0247. The number of hydrogen-bond acceptors (Lipinski definition) is 6. The van der Waals surface area contributed by atoms with E-state index in [0.717, 1.165) is 24.2 Å². The Bertz CT molecular complexity index is 714. The van der Waals surface area contributed by atoms with E-state index in [4.69, 9.17) is 9.26 Å². The van der Waals surface area contributed by atoms with E-state index in [9.17, 15) is 4.79 Å². The predicted octanol–water partition coefficient (Wildman–Crippen LogP) is 2.37. The molecule has 1 amide bonds. The Kier molecular flexibility index (Phi) is 5.43. The van der Waals surface area contributed by atoms with E-state index in [0.29, 0.717) is 31.0 Å². The molecule has 25 heavy (non-hydrogen) atoms. The van der Waals surface area contributed by atoms with E-state index >= 15 is 0 Å². The van der Waals surface area contributed by atoms with Crippen molar-refractivity contribution >= 4 is 5.91 Å². The molecule has 7 nitrogen and oxygen atoms in total. The molecule has 0 bridgehead atoms. The third kappa shape index (κ3) is 4.04. The Hall–Kier alpha value is -2.28. The number of hydrogen-bond donors (Lipinski definition) is 0. The highest BCUT2D eigenvalue weighted by atomic mass is 16.5. The van der Waals surface area contributed by atoms with Crippen LogP contribution in [0.15, 0.2) is 23.1 Å². The Labute approximate surface area is 147 Å². The van der Waals surface area contributed by atoms with E-state index in [1.165, 1.54) is 0 Å². The highest BCUT2D eigenvalue weighted by Crippen LogP contribution is 2.24. The molecule has 1 fully saturated rings. The highest BCUT2D eigenvalue weighted by Gasteiger charge is 2.30. The summed E-state index contributed by atoms with van der Waals surface area (Å²) in [4.78, 5) is 23.0. The Morgan fingerprint density at radius 3 is 3.00 bits per heavy atom. The molecular weight excluding hydrogens is 320 g/mol. The smallest absolute Gasteiger partial charge is 0.259 e. The molecule has 0 spiro atoms. The summed E-state index contributed by atoms with van der Waals surface area (Å²) in [6.45, 7) is 7.52. The Morgan fingerprint density at radius 1 is 1.44 bits per heavy atom. The first-order chi connectivity index (χ1) is 12.1. The van der Waals surface area contributed by atoms with E-state index in [1.807, 2.05) is 24.8 Å². The van der Waals surface area contributed by atoms with Crippen LogP contribution in [0.25, 0.3) is 0 Å². The molecule has 2 aromatic heterocycles. The van der Waals surface area contributed by atoms with Gasteiger partial charge in [0.05, 0.1) is 18.4 Å². The molecule has 7 heteroatoms. The summed E-state index contributed by atoms with van der Waals surface area (Å²) < 4.78 is 11.1. The number of morpholine rings is 1. The highest BCUT2D eigenvalue weighted by molar-refractivity contribution is 5.96. The second kappa shape index (κ2) is 7.74. The van der Waals surface area contributed by atoms with Crippen LogP contribution in [-0.4, -0.2) is 51.7 Å². The fourth-order valence-electron chi connectivity index (χ4n) is 3.05. The second-order valence-corrected chi connectivity index (χ2v) is 6.64. The van der Waals surface area contributed by atoms with E-state index < -0.39 is 0 Å². The van der Waals surface area contributed by atoms with Gasteiger partial charge in [0.15, 0.2) is 0 Å². The quantitative estimate of drug-likeness (QED) is 0.828. The number of carbonyl (C=O) groups excluding carboxylic acids is 1. The van der Waals surface area contributed by atoms with Crippen molar-refractivity contribution in [2.45, 2.75) is 45.6 Å². The minimum absolute atomic E-state index is 0.00957. The van der Waals surface area contributed by atoms with Gasteiger partial charge in [-0.2, -0.15) is 0 Å². The van der Waals surface area contributed by atoms with Gasteiger partial charge in [-0.1, -0.05) is 19.0 Å². The lowest BCUT2D eigenvalue weighted by atomic mass is 10.0. The average Bonchev–Trinajstić information content (AvgIpc) is 3.02. The summed E-state index contributed by atoms with van der Waals surface area (Å²) in [5.74, 6) is 0.710. The van der Waals surface area contributed by atoms with Crippen molar-refractivity contribution in [2.75, 3.05) is 19.7 Å². The van der Waals surface area contributed by atoms with Crippen molar-refractivity contribution in [2.24, 2.45) is 0 Å². The standard InChI is InChI=1S/C18H24N4O3/c1-12(2)17-16(13(3)25-21-17)18(23)22-8-9-24-15(10-22)5-4-14-6-7-19-11-20-14/h6-7,11-12,15H,4-5,8-10H2,1-3H3. The van der Waals surface area contributed by atoms with E-state index in [-0.39, 0.29) is 17.9 Å². The van der Waals surface area contributed by atoms with Crippen LogP contribution >= 0.6 is 0 Å². The molecule has 3 rings (SSSR count). The van der Waals surface area contributed by atoms with Crippen molar-refractivity contribution < 1.29 is 14.1 Å². The summed E-state index contributed by atoms with van der Waals surface area (Å²) in [5, 5.41) is 4.06. The molecule has 1 unspecified atom stereocenters. The number of rotatable bonds is 5. The minimum atomic E-state index is -0.0159. The van der Waals surface area contributed by atoms with Gasteiger partial charge in [-0.05, 0) is 31.7 Å². The Morgan fingerprint density at radius 2 is 2.28 bits per heavy atom. The van der Waals surface area contributed by atoms with Crippen molar-refractivity contribution in [3.8, 4) is 0 Å². The van der Waals surface area contributed by atoms with Crippen molar-refractivity contribution in [1.82, 2.24) is 20.0 Å². The van der Waals surface area contributed by atoms with Crippen LogP contribution in [-0.2, 0) is 11.2 Å². The normalized spacial score (nSPS) is 17.9. The SMILES string of the molecule is Cc1onc(C(C)C)c1C(=O)N1CCOC(CCc2ccncn2)C1. The van der Waals surface area contributed by atoms with E-state index in [1.54, 1.807) is 19.4 Å². The summed E-state index contributed by atoms with van der Waals surface area (Å²) in [5.41, 5.74) is 2.32. The first-order valence-corrected chi connectivity index (χ1v) is 8.68. The minimum Gasteiger partial charge on any atom is -0.375 e. The zero-order valence-electron chi connectivity index (χ0n) is 14.9. The predicted molar refractivity (Wildman–Crippen MR) is 91.3 cm³/mol. The number of amides is 1. The van der Waals surface area contributed by atoms with Gasteiger partial charge in [0.25, 0.3) is 5.91 Å². The zero-order chi connectivity index (χ0) is 17.8. The van der Waals surface area contributed by atoms with Crippen molar-refractivity contribution in [3.63, 3.8) is 0 Å². The number of carbonyl (C=O) groups is 1. The van der Waals surface area contributed by atoms with Crippen molar-refractivity contribution in [1.29, 1.82) is 0 Å². The molecule has 0 N–H and O–H groups in total. The van der Waals surface area contributed by atoms with Gasteiger partial charge < -0.3 is 14.2 Å². The topological polar surface area (TPSA) is 81.4 Å². The van der Waals surface area contributed by atoms with Gasteiger partial charge in [0.1, 0.15) is 17.7 Å². The van der Waals surface area contributed by atoms with Gasteiger partial charge in [-0.15, -0.1) is 0 Å². The monoisotopic (exact) mass is 344 g/mol. The summed E-state index contributed by atoms with van der Waals surface area (Å²) >= 11 is 0. The van der Waals surface area contributed by atoms with Crippen molar-refractivity contribution in [3.05, 3.63) is 41.3 Å². The first kappa shape index (κ1) is 17.5. The number of nitrogens with zero attached hydrogens (tertiary/aromatic N) is 4. The molecule has 0 radical (unpaired) electrons. The summed E-state index contributed by atoms with van der Waals surface area (Å²) in [6.07, 6.45) is 4.92. The molecule has 2 aromatic rings. The fraction of sp³-hybridized carbons (Fsp3) is 0.556. The van der Waals surface area contributed by atoms with Gasteiger partial charge in [-0.3, -0.25) is 4.79 Å². The van der Waals surface area contributed by atoms with Gasteiger partial charge in [-0.25, -0.2) is 9.97 Å². The molecule has 3 heterocycles. The Balaban J connectivity index is 1.65. The summed E-state index contributed by atoms with van der Waals surface area (Å²) in [7, 11) is 0. The molecule has 1 aliphatic rings.